The predicted molar refractivity (Wildman–Crippen MR) is 56.7 cm³/mol. The highest BCUT2D eigenvalue weighted by atomic mass is 19.2. The van der Waals surface area contributed by atoms with Gasteiger partial charge in [0.15, 0.2) is 34.8 Å². The van der Waals surface area contributed by atoms with Gasteiger partial charge in [-0.3, -0.25) is 0 Å². The Morgan fingerprint density at radius 3 is 1.60 bits per heavy atom. The van der Waals surface area contributed by atoms with Crippen LogP contribution in [-0.4, -0.2) is 15.3 Å². The highest BCUT2D eigenvalue weighted by molar-refractivity contribution is 5.76. The first-order valence-corrected chi connectivity index (χ1v) is 5.02. The first-order chi connectivity index (χ1) is 9.25. The molecule has 2 rings (SSSR count). The molecular weight excluding hydrogens is 287 g/mol. The monoisotopic (exact) mass is 292 g/mol. The second kappa shape index (κ2) is 4.55. The molecule has 3 N–H and O–H groups in total. The van der Waals surface area contributed by atoms with Crippen LogP contribution in [0.1, 0.15) is 0 Å². The molecule has 0 amide bonds. The molecule has 0 heterocycles. The summed E-state index contributed by atoms with van der Waals surface area (Å²) in [5.74, 6) is -14.0. The fourth-order valence-corrected chi connectivity index (χ4v) is 1.64. The molecule has 0 saturated heterocycles. The van der Waals surface area contributed by atoms with Gasteiger partial charge in [0.25, 0.3) is 0 Å². The summed E-state index contributed by atoms with van der Waals surface area (Å²) in [6.07, 6.45) is 0. The predicted octanol–water partition coefficient (Wildman–Crippen LogP) is 3.17. The van der Waals surface area contributed by atoms with Crippen LogP contribution in [0.25, 0.3) is 11.1 Å². The zero-order valence-electron chi connectivity index (χ0n) is 9.39. The van der Waals surface area contributed by atoms with Gasteiger partial charge < -0.3 is 15.3 Å². The molecule has 0 aliphatic carbocycles. The third kappa shape index (κ3) is 1.89. The van der Waals surface area contributed by atoms with Crippen LogP contribution in [0.2, 0.25) is 0 Å². The second-order valence-electron chi connectivity index (χ2n) is 3.81. The molecule has 20 heavy (non-hydrogen) atoms. The Bertz CT molecular complexity index is 686. The molecular formula is C12H5F5O3. The quantitative estimate of drug-likeness (QED) is 0.249. The van der Waals surface area contributed by atoms with E-state index in [0.717, 1.165) is 0 Å². The number of benzene rings is 2. The van der Waals surface area contributed by atoms with Crippen molar-refractivity contribution in [1.29, 1.82) is 0 Å². The van der Waals surface area contributed by atoms with Crippen molar-refractivity contribution in [3.05, 3.63) is 41.2 Å². The summed E-state index contributed by atoms with van der Waals surface area (Å²) in [4.78, 5) is 0. The minimum Gasteiger partial charge on any atom is -0.508 e. The van der Waals surface area contributed by atoms with Crippen LogP contribution in [0.15, 0.2) is 12.1 Å². The number of phenolic OH excluding ortho intramolecular Hbond substituents is 3. The lowest BCUT2D eigenvalue weighted by Gasteiger charge is -2.11. The van der Waals surface area contributed by atoms with E-state index in [1.807, 2.05) is 0 Å². The average molecular weight is 292 g/mol. The smallest absolute Gasteiger partial charge is 0.200 e. The molecule has 0 fully saturated rings. The molecule has 2 aromatic rings. The van der Waals surface area contributed by atoms with Crippen LogP contribution in [0.3, 0.4) is 0 Å². The van der Waals surface area contributed by atoms with Gasteiger partial charge in [-0.1, -0.05) is 0 Å². The fourth-order valence-electron chi connectivity index (χ4n) is 1.64. The molecule has 0 aromatic heterocycles. The van der Waals surface area contributed by atoms with Gasteiger partial charge >= 0.3 is 0 Å². The molecule has 0 aliphatic rings. The van der Waals surface area contributed by atoms with E-state index < -0.39 is 57.5 Å². The third-order valence-electron chi connectivity index (χ3n) is 2.55. The molecule has 2 aromatic carbocycles. The van der Waals surface area contributed by atoms with E-state index in [2.05, 4.69) is 0 Å². The van der Waals surface area contributed by atoms with Gasteiger partial charge in [0.1, 0.15) is 5.75 Å². The van der Waals surface area contributed by atoms with Crippen molar-refractivity contribution in [3.63, 3.8) is 0 Å². The van der Waals surface area contributed by atoms with Gasteiger partial charge in [0, 0.05) is 11.6 Å². The number of phenols is 3. The van der Waals surface area contributed by atoms with Gasteiger partial charge in [-0.2, -0.15) is 0 Å². The Morgan fingerprint density at radius 1 is 0.650 bits per heavy atom. The molecule has 8 heteroatoms. The maximum absolute atomic E-state index is 13.5. The molecule has 0 radical (unpaired) electrons. The normalized spacial score (nSPS) is 10.8. The molecule has 0 spiro atoms. The van der Waals surface area contributed by atoms with Crippen LogP contribution < -0.4 is 0 Å². The number of hydrogen-bond donors (Lipinski definition) is 3. The van der Waals surface area contributed by atoms with Crippen molar-refractivity contribution in [2.45, 2.75) is 0 Å². The lowest BCUT2D eigenvalue weighted by atomic mass is 10.0. The molecule has 0 bridgehead atoms. The van der Waals surface area contributed by atoms with Gasteiger partial charge in [0.2, 0.25) is 5.82 Å². The number of rotatable bonds is 1. The van der Waals surface area contributed by atoms with Crippen molar-refractivity contribution in [1.82, 2.24) is 0 Å². The molecule has 3 nitrogen and oxygen atoms in total. The first kappa shape index (κ1) is 13.9. The lowest BCUT2D eigenvalue weighted by Crippen LogP contribution is -2.04. The highest BCUT2D eigenvalue weighted by Gasteiger charge is 2.28. The SMILES string of the molecule is Oc1cc(O)c(O)c(-c2c(F)c(F)c(F)c(F)c2F)c1. The summed E-state index contributed by atoms with van der Waals surface area (Å²) in [7, 11) is 0. The maximum atomic E-state index is 13.5. The zero-order valence-corrected chi connectivity index (χ0v) is 9.39. The van der Waals surface area contributed by atoms with Gasteiger partial charge in [-0.05, 0) is 6.07 Å². The largest absolute Gasteiger partial charge is 0.508 e. The van der Waals surface area contributed by atoms with E-state index >= 15 is 0 Å². The van der Waals surface area contributed by atoms with E-state index in [9.17, 15) is 37.3 Å². The number of hydrogen-bond acceptors (Lipinski definition) is 3. The van der Waals surface area contributed by atoms with Crippen molar-refractivity contribution < 1.29 is 37.3 Å². The van der Waals surface area contributed by atoms with Crippen molar-refractivity contribution in [3.8, 4) is 28.4 Å². The van der Waals surface area contributed by atoms with E-state index in [4.69, 9.17) is 0 Å². The summed E-state index contributed by atoms with van der Waals surface area (Å²) >= 11 is 0. The average Bonchev–Trinajstić information content (AvgIpc) is 2.39. The summed E-state index contributed by atoms with van der Waals surface area (Å²) in [5, 5.41) is 27.8. The van der Waals surface area contributed by atoms with E-state index in [1.165, 1.54) is 0 Å². The molecule has 0 aliphatic heterocycles. The van der Waals surface area contributed by atoms with Crippen LogP contribution >= 0.6 is 0 Å². The molecule has 106 valence electrons. The maximum Gasteiger partial charge on any atom is 0.200 e. The Labute approximate surface area is 108 Å². The summed E-state index contributed by atoms with van der Waals surface area (Å²) in [6.45, 7) is 0. The van der Waals surface area contributed by atoms with Gasteiger partial charge in [-0.25, -0.2) is 22.0 Å². The molecule has 0 saturated carbocycles. The second-order valence-corrected chi connectivity index (χ2v) is 3.81. The standard InChI is InChI=1S/C12H5F5O3/c13-7-6(8(14)10(16)11(17)9(7)15)4-1-3(18)2-5(19)12(4)20/h1-2,18-20H. The van der Waals surface area contributed by atoms with Crippen LogP contribution in [0.4, 0.5) is 22.0 Å². The topological polar surface area (TPSA) is 60.7 Å². The van der Waals surface area contributed by atoms with Gasteiger partial charge in [-0.15, -0.1) is 0 Å². The first-order valence-electron chi connectivity index (χ1n) is 5.02. The summed E-state index contributed by atoms with van der Waals surface area (Å²) in [6, 6.07) is 1.18. The van der Waals surface area contributed by atoms with Crippen molar-refractivity contribution in [2.24, 2.45) is 0 Å². The Morgan fingerprint density at radius 2 is 1.10 bits per heavy atom. The van der Waals surface area contributed by atoms with E-state index in [-0.39, 0.29) is 0 Å². The minimum atomic E-state index is -2.35. The van der Waals surface area contributed by atoms with Crippen LogP contribution in [-0.2, 0) is 0 Å². The third-order valence-corrected chi connectivity index (χ3v) is 2.55. The molecule has 0 unspecified atom stereocenters. The van der Waals surface area contributed by atoms with Gasteiger partial charge in [0.05, 0.1) is 5.56 Å². The minimum absolute atomic E-state index is 0.549. The van der Waals surface area contributed by atoms with Crippen LogP contribution in [0.5, 0.6) is 17.2 Å². The Balaban J connectivity index is 2.91. The highest BCUT2D eigenvalue weighted by Crippen LogP contribution is 2.42. The Hall–Kier alpha value is -2.51. The fraction of sp³-hybridized carbons (Fsp3) is 0. The van der Waals surface area contributed by atoms with Crippen molar-refractivity contribution in [2.75, 3.05) is 0 Å². The van der Waals surface area contributed by atoms with E-state index in [0.29, 0.717) is 12.1 Å². The van der Waals surface area contributed by atoms with E-state index in [1.54, 1.807) is 0 Å². The van der Waals surface area contributed by atoms with Crippen LogP contribution in [0, 0.1) is 29.1 Å². The number of halogens is 5. The van der Waals surface area contributed by atoms with Crippen molar-refractivity contribution >= 4 is 0 Å². The summed E-state index contributed by atoms with van der Waals surface area (Å²) in [5.41, 5.74) is -2.39. The molecule has 0 atom stereocenters. The number of aromatic hydroxyl groups is 3. The zero-order chi connectivity index (χ0) is 15.2. The Kier molecular flexibility index (Phi) is 3.16. The lowest BCUT2D eigenvalue weighted by molar-refractivity contribution is 0.378. The summed E-state index contributed by atoms with van der Waals surface area (Å²) < 4.78 is 66.1.